The lowest BCUT2D eigenvalue weighted by molar-refractivity contribution is -0.122. The highest BCUT2D eigenvalue weighted by Gasteiger charge is 2.15. The van der Waals surface area contributed by atoms with Crippen molar-refractivity contribution in [2.45, 2.75) is 38.9 Å². The van der Waals surface area contributed by atoms with Crippen molar-refractivity contribution in [1.29, 1.82) is 0 Å². The van der Waals surface area contributed by atoms with Gasteiger partial charge in [0, 0.05) is 30.2 Å². The van der Waals surface area contributed by atoms with Crippen LogP contribution in [0.2, 0.25) is 5.02 Å². The molecule has 0 aliphatic rings. The molecule has 0 fully saturated rings. The molecule has 0 radical (unpaired) electrons. The molecule has 2 N–H and O–H groups in total. The number of anilines is 1. The van der Waals surface area contributed by atoms with E-state index in [1.807, 2.05) is 30.3 Å². The highest BCUT2D eigenvalue weighted by Crippen LogP contribution is 2.11. The van der Waals surface area contributed by atoms with Crippen molar-refractivity contribution < 1.29 is 9.59 Å². The molecule has 0 saturated heterocycles. The van der Waals surface area contributed by atoms with Crippen molar-refractivity contribution in [3.63, 3.8) is 0 Å². The maximum Gasteiger partial charge on any atom is 0.331 e. The van der Waals surface area contributed by atoms with Crippen molar-refractivity contribution in [2.24, 2.45) is 0 Å². The quantitative estimate of drug-likeness (QED) is 0.310. The summed E-state index contributed by atoms with van der Waals surface area (Å²) in [7, 11) is 0. The summed E-state index contributed by atoms with van der Waals surface area (Å²) in [4.78, 5) is 51.2. The highest BCUT2D eigenvalue weighted by atomic mass is 35.5. The fraction of sp³-hybridized carbons (Fsp3) is 0.214. The average Bonchev–Trinajstić information content (AvgIpc) is 2.91. The van der Waals surface area contributed by atoms with E-state index in [-0.39, 0.29) is 37.9 Å². The van der Waals surface area contributed by atoms with E-state index in [1.54, 1.807) is 48.5 Å². The molecule has 190 valence electrons. The predicted molar refractivity (Wildman–Crippen MR) is 145 cm³/mol. The first kappa shape index (κ1) is 25.9. The molecule has 3 aromatic carbocycles. The second kappa shape index (κ2) is 12.2. The van der Waals surface area contributed by atoms with Gasteiger partial charge in [0.25, 0.3) is 5.56 Å². The van der Waals surface area contributed by atoms with Gasteiger partial charge >= 0.3 is 5.69 Å². The Bertz CT molecular complexity index is 1510. The average molecular weight is 519 g/mol. The maximum absolute atomic E-state index is 13.3. The van der Waals surface area contributed by atoms with Gasteiger partial charge in [0.15, 0.2) is 0 Å². The van der Waals surface area contributed by atoms with Gasteiger partial charge in [0.05, 0.1) is 10.9 Å². The number of nitrogens with one attached hydrogen (secondary N) is 2. The molecule has 1 heterocycles. The predicted octanol–water partition coefficient (Wildman–Crippen LogP) is 3.94. The molecule has 4 rings (SSSR count). The summed E-state index contributed by atoms with van der Waals surface area (Å²) in [6.45, 7) is 0.202. The first-order valence-corrected chi connectivity index (χ1v) is 12.4. The van der Waals surface area contributed by atoms with Crippen LogP contribution in [-0.2, 0) is 29.2 Å². The minimum absolute atomic E-state index is 0.133. The van der Waals surface area contributed by atoms with Crippen molar-refractivity contribution in [1.82, 2.24) is 14.5 Å². The molecule has 0 saturated carbocycles. The number of nitrogens with zero attached hydrogens (tertiary/aromatic N) is 2. The molecule has 0 unspecified atom stereocenters. The maximum atomic E-state index is 13.3. The monoisotopic (exact) mass is 518 g/mol. The van der Waals surface area contributed by atoms with E-state index in [0.29, 0.717) is 28.8 Å². The van der Waals surface area contributed by atoms with Crippen LogP contribution >= 0.6 is 11.6 Å². The van der Waals surface area contributed by atoms with Crippen LogP contribution in [0.3, 0.4) is 0 Å². The number of fused-ring (bicyclic) bond motifs is 1. The lowest BCUT2D eigenvalue weighted by atomic mass is 10.2. The van der Waals surface area contributed by atoms with E-state index in [4.69, 9.17) is 11.6 Å². The number of carbonyl (C=O) groups is 2. The van der Waals surface area contributed by atoms with Gasteiger partial charge in [-0.25, -0.2) is 4.79 Å². The molecule has 9 heteroatoms. The Morgan fingerprint density at radius 2 is 1.49 bits per heavy atom. The molecule has 0 aliphatic carbocycles. The standard InChI is InChI=1S/C28H27ClN4O4/c29-21-15-13-20(14-16-21)18-30-26(35)19-33-24-11-5-4-10-23(24)27(36)32(28(33)37)17-7-6-12-25(34)31-22-8-2-1-3-9-22/h1-5,8-11,13-16H,6-7,12,17-19H2,(H,30,35)(H,31,34). The van der Waals surface area contributed by atoms with Crippen molar-refractivity contribution in [3.05, 3.63) is 110 Å². The number of halogens is 1. The van der Waals surface area contributed by atoms with Gasteiger partial charge in [-0.2, -0.15) is 0 Å². The topological polar surface area (TPSA) is 102 Å². The van der Waals surface area contributed by atoms with Crippen LogP contribution < -0.4 is 21.9 Å². The summed E-state index contributed by atoms with van der Waals surface area (Å²) in [5.74, 6) is -0.489. The number of carbonyl (C=O) groups excluding carboxylic acids is 2. The van der Waals surface area contributed by atoms with E-state index in [2.05, 4.69) is 10.6 Å². The fourth-order valence-electron chi connectivity index (χ4n) is 4.02. The van der Waals surface area contributed by atoms with E-state index in [0.717, 1.165) is 15.8 Å². The Labute approximate surface area is 218 Å². The third-order valence-electron chi connectivity index (χ3n) is 5.93. The molecule has 0 atom stereocenters. The second-order valence-corrected chi connectivity index (χ2v) is 9.05. The SMILES string of the molecule is O=C(Cn1c(=O)n(CCCCC(=O)Nc2ccccc2)c(=O)c2ccccc21)NCc1ccc(Cl)cc1. The largest absolute Gasteiger partial charge is 0.350 e. The molecule has 0 spiro atoms. The van der Waals surface area contributed by atoms with Crippen LogP contribution in [0.15, 0.2) is 88.5 Å². The zero-order valence-corrected chi connectivity index (χ0v) is 20.9. The van der Waals surface area contributed by atoms with Crippen LogP contribution in [0.4, 0.5) is 5.69 Å². The van der Waals surface area contributed by atoms with Crippen LogP contribution in [0.1, 0.15) is 24.8 Å². The third-order valence-corrected chi connectivity index (χ3v) is 6.18. The Hall–Kier alpha value is -4.17. The van der Waals surface area contributed by atoms with Crippen LogP contribution in [0.25, 0.3) is 10.9 Å². The molecule has 0 aliphatic heterocycles. The first-order chi connectivity index (χ1) is 17.9. The van der Waals surface area contributed by atoms with E-state index in [1.165, 1.54) is 4.57 Å². The van der Waals surface area contributed by atoms with Gasteiger partial charge in [-0.3, -0.25) is 23.5 Å². The summed E-state index contributed by atoms with van der Waals surface area (Å²) in [5, 5.41) is 6.58. The molecule has 37 heavy (non-hydrogen) atoms. The summed E-state index contributed by atoms with van der Waals surface area (Å²) in [5.41, 5.74) is 1.02. The number of benzene rings is 3. The second-order valence-electron chi connectivity index (χ2n) is 8.62. The minimum Gasteiger partial charge on any atom is -0.350 e. The van der Waals surface area contributed by atoms with Crippen molar-refractivity contribution in [2.75, 3.05) is 5.32 Å². The summed E-state index contributed by atoms with van der Waals surface area (Å²) in [6, 6.07) is 23.0. The molecular weight excluding hydrogens is 492 g/mol. The number of amides is 2. The Kier molecular flexibility index (Phi) is 8.53. The summed E-state index contributed by atoms with van der Waals surface area (Å²) in [6.07, 6.45) is 1.22. The molecule has 2 amide bonds. The molecule has 0 bridgehead atoms. The lowest BCUT2D eigenvalue weighted by Crippen LogP contribution is -2.42. The van der Waals surface area contributed by atoms with Crippen LogP contribution in [-0.4, -0.2) is 20.9 Å². The van der Waals surface area contributed by atoms with Gasteiger partial charge in [-0.15, -0.1) is 0 Å². The number of aromatic nitrogens is 2. The third kappa shape index (κ3) is 6.74. The number of para-hydroxylation sites is 2. The molecule has 4 aromatic rings. The lowest BCUT2D eigenvalue weighted by Gasteiger charge is -2.14. The molecule has 8 nitrogen and oxygen atoms in total. The zero-order valence-electron chi connectivity index (χ0n) is 20.2. The van der Waals surface area contributed by atoms with Gasteiger partial charge < -0.3 is 10.6 Å². The van der Waals surface area contributed by atoms with Crippen molar-refractivity contribution >= 4 is 40.0 Å². The first-order valence-electron chi connectivity index (χ1n) is 12.0. The van der Waals surface area contributed by atoms with Gasteiger partial charge in [-0.1, -0.05) is 54.1 Å². The van der Waals surface area contributed by atoms with Gasteiger partial charge in [0.2, 0.25) is 11.8 Å². The Morgan fingerprint density at radius 1 is 0.784 bits per heavy atom. The normalized spacial score (nSPS) is 10.8. The molecular formula is C28H27ClN4O4. The van der Waals surface area contributed by atoms with Crippen molar-refractivity contribution in [3.8, 4) is 0 Å². The fourth-order valence-corrected chi connectivity index (χ4v) is 4.15. The Morgan fingerprint density at radius 3 is 2.24 bits per heavy atom. The highest BCUT2D eigenvalue weighted by molar-refractivity contribution is 6.30. The number of hydrogen-bond donors (Lipinski definition) is 2. The van der Waals surface area contributed by atoms with Crippen LogP contribution in [0.5, 0.6) is 0 Å². The summed E-state index contributed by atoms with van der Waals surface area (Å²) >= 11 is 5.90. The Balaban J connectivity index is 1.44. The number of hydrogen-bond acceptors (Lipinski definition) is 4. The smallest absolute Gasteiger partial charge is 0.331 e. The summed E-state index contributed by atoms with van der Waals surface area (Å²) < 4.78 is 2.46. The van der Waals surface area contributed by atoms with E-state index in [9.17, 15) is 19.2 Å². The van der Waals surface area contributed by atoms with Gasteiger partial charge in [0.1, 0.15) is 6.54 Å². The minimum atomic E-state index is -0.556. The van der Waals surface area contributed by atoms with E-state index >= 15 is 0 Å². The number of unbranched alkanes of at least 4 members (excludes halogenated alkanes) is 1. The zero-order chi connectivity index (χ0) is 26.2. The van der Waals surface area contributed by atoms with Crippen LogP contribution in [0, 0.1) is 0 Å². The van der Waals surface area contributed by atoms with Gasteiger partial charge in [-0.05, 0) is 54.8 Å². The number of rotatable bonds is 10. The molecule has 1 aromatic heterocycles. The van der Waals surface area contributed by atoms with E-state index < -0.39 is 11.2 Å².